The fourth-order valence-corrected chi connectivity index (χ4v) is 5.34. The summed E-state index contributed by atoms with van der Waals surface area (Å²) in [6.07, 6.45) is 8.97. The SMILES string of the molecule is Cc1csc(=Nc2c(C)n(C)n(-c3ccccc3)c2=O)n1C1CCCCCCC1. The molecule has 1 aliphatic rings. The molecule has 1 fully saturated rings. The lowest BCUT2D eigenvalue weighted by Crippen LogP contribution is -2.24. The van der Waals surface area contributed by atoms with E-state index in [4.69, 9.17) is 4.99 Å². The summed E-state index contributed by atoms with van der Waals surface area (Å²) >= 11 is 1.64. The normalized spacial score (nSPS) is 16.7. The molecule has 0 bridgehead atoms. The van der Waals surface area contributed by atoms with Crippen molar-refractivity contribution in [2.24, 2.45) is 12.0 Å². The van der Waals surface area contributed by atoms with Gasteiger partial charge in [0.1, 0.15) is 0 Å². The summed E-state index contributed by atoms with van der Waals surface area (Å²) in [4.78, 5) is 19.1. The Hall–Kier alpha value is -2.34. The highest BCUT2D eigenvalue weighted by Gasteiger charge is 2.19. The summed E-state index contributed by atoms with van der Waals surface area (Å²) in [5.41, 5.74) is 3.47. The van der Waals surface area contributed by atoms with Crippen LogP contribution < -0.4 is 10.4 Å². The number of thiazole rings is 1. The Morgan fingerprint density at radius 1 is 1.00 bits per heavy atom. The van der Waals surface area contributed by atoms with Crippen molar-refractivity contribution < 1.29 is 0 Å². The van der Waals surface area contributed by atoms with Crippen molar-refractivity contribution in [3.8, 4) is 5.69 Å². The van der Waals surface area contributed by atoms with Gasteiger partial charge in [-0.25, -0.2) is 9.67 Å². The van der Waals surface area contributed by atoms with E-state index in [1.54, 1.807) is 16.0 Å². The van der Waals surface area contributed by atoms with Crippen LogP contribution in [-0.4, -0.2) is 13.9 Å². The Morgan fingerprint density at radius 3 is 2.34 bits per heavy atom. The van der Waals surface area contributed by atoms with E-state index in [2.05, 4.69) is 16.9 Å². The monoisotopic (exact) mass is 410 g/mol. The second-order valence-corrected chi connectivity index (χ2v) is 8.89. The highest BCUT2D eigenvalue weighted by molar-refractivity contribution is 7.07. The van der Waals surface area contributed by atoms with Gasteiger partial charge >= 0.3 is 0 Å². The topological polar surface area (TPSA) is 44.2 Å². The molecule has 154 valence electrons. The second-order valence-electron chi connectivity index (χ2n) is 8.05. The predicted octanol–water partition coefficient (Wildman–Crippen LogP) is 5.17. The molecule has 6 heteroatoms. The minimum Gasteiger partial charge on any atom is -0.318 e. The molecule has 0 aliphatic heterocycles. The van der Waals surface area contributed by atoms with Crippen LogP contribution >= 0.6 is 11.3 Å². The third-order valence-corrected chi connectivity index (χ3v) is 7.05. The molecular formula is C23H30N4OS. The number of nitrogens with zero attached hydrogens (tertiary/aromatic N) is 4. The highest BCUT2D eigenvalue weighted by Crippen LogP contribution is 2.27. The maximum absolute atomic E-state index is 13.3. The number of hydrogen-bond donors (Lipinski definition) is 0. The van der Waals surface area contributed by atoms with Crippen LogP contribution in [0.1, 0.15) is 62.4 Å². The van der Waals surface area contributed by atoms with Gasteiger partial charge in [0.25, 0.3) is 5.56 Å². The van der Waals surface area contributed by atoms with Crippen LogP contribution in [0.15, 0.2) is 45.5 Å². The molecule has 5 nitrogen and oxygen atoms in total. The van der Waals surface area contributed by atoms with E-state index in [1.165, 1.54) is 50.6 Å². The zero-order valence-corrected chi connectivity index (χ0v) is 18.4. The fourth-order valence-electron chi connectivity index (χ4n) is 4.40. The molecule has 0 spiro atoms. The minimum atomic E-state index is -0.0635. The third kappa shape index (κ3) is 3.90. The molecule has 0 N–H and O–H groups in total. The average molecular weight is 411 g/mol. The van der Waals surface area contributed by atoms with Gasteiger partial charge < -0.3 is 4.57 Å². The van der Waals surface area contributed by atoms with Crippen molar-refractivity contribution in [1.82, 2.24) is 13.9 Å². The number of para-hydroxylation sites is 1. The number of hydrogen-bond acceptors (Lipinski definition) is 3. The van der Waals surface area contributed by atoms with E-state index in [1.807, 2.05) is 49.0 Å². The summed E-state index contributed by atoms with van der Waals surface area (Å²) in [5, 5.41) is 2.17. The third-order valence-electron chi connectivity index (χ3n) is 6.09. The maximum Gasteiger partial charge on any atom is 0.297 e. The van der Waals surface area contributed by atoms with E-state index >= 15 is 0 Å². The minimum absolute atomic E-state index is 0.0635. The van der Waals surface area contributed by atoms with E-state index in [-0.39, 0.29) is 5.56 Å². The first kappa shape index (κ1) is 20.0. The van der Waals surface area contributed by atoms with E-state index in [0.717, 1.165) is 16.2 Å². The molecule has 4 rings (SSSR count). The van der Waals surface area contributed by atoms with Gasteiger partial charge in [0.2, 0.25) is 0 Å². The van der Waals surface area contributed by atoms with Gasteiger partial charge in [-0.3, -0.25) is 9.48 Å². The summed E-state index contributed by atoms with van der Waals surface area (Å²) in [6.45, 7) is 4.13. The summed E-state index contributed by atoms with van der Waals surface area (Å²) in [5.74, 6) is 0. The van der Waals surface area contributed by atoms with Crippen LogP contribution in [0.4, 0.5) is 5.69 Å². The van der Waals surface area contributed by atoms with Gasteiger partial charge in [0, 0.05) is 24.2 Å². The van der Waals surface area contributed by atoms with Crippen LogP contribution in [-0.2, 0) is 7.05 Å². The summed E-state index contributed by atoms with van der Waals surface area (Å²) in [6, 6.07) is 10.3. The Labute approximate surface area is 175 Å². The van der Waals surface area contributed by atoms with E-state index in [9.17, 15) is 4.79 Å². The molecule has 0 atom stereocenters. The van der Waals surface area contributed by atoms with E-state index in [0.29, 0.717) is 11.7 Å². The summed E-state index contributed by atoms with van der Waals surface area (Å²) < 4.78 is 5.99. The number of rotatable bonds is 3. The van der Waals surface area contributed by atoms with Crippen molar-refractivity contribution >= 4 is 17.0 Å². The summed E-state index contributed by atoms with van der Waals surface area (Å²) in [7, 11) is 1.92. The molecule has 0 radical (unpaired) electrons. The molecule has 2 heterocycles. The maximum atomic E-state index is 13.3. The first-order chi connectivity index (χ1) is 14.1. The van der Waals surface area contributed by atoms with Crippen LogP contribution in [0, 0.1) is 13.8 Å². The zero-order chi connectivity index (χ0) is 20.4. The fraction of sp³-hybridized carbons (Fsp3) is 0.478. The van der Waals surface area contributed by atoms with Crippen LogP contribution in [0.2, 0.25) is 0 Å². The predicted molar refractivity (Wildman–Crippen MR) is 119 cm³/mol. The largest absolute Gasteiger partial charge is 0.318 e. The van der Waals surface area contributed by atoms with Crippen LogP contribution in [0.3, 0.4) is 0 Å². The molecule has 0 amide bonds. The van der Waals surface area contributed by atoms with Crippen molar-refractivity contribution in [1.29, 1.82) is 0 Å². The van der Waals surface area contributed by atoms with Crippen molar-refractivity contribution in [3.63, 3.8) is 0 Å². The lowest BCUT2D eigenvalue weighted by atomic mass is 9.96. The Morgan fingerprint density at radius 2 is 1.66 bits per heavy atom. The first-order valence-electron chi connectivity index (χ1n) is 10.6. The van der Waals surface area contributed by atoms with Crippen LogP contribution in [0.25, 0.3) is 5.69 Å². The molecule has 0 unspecified atom stereocenters. The number of benzene rings is 1. The molecule has 2 aromatic heterocycles. The van der Waals surface area contributed by atoms with Gasteiger partial charge in [0.15, 0.2) is 10.5 Å². The standard InChI is InChI=1S/C23H30N4OS/c1-17-16-29-23(26(17)19-12-8-5-4-6-9-13-19)24-21-18(2)25(3)27(22(21)28)20-14-10-7-11-15-20/h7,10-11,14-16,19H,4-6,8-9,12-13H2,1-3H3. The highest BCUT2D eigenvalue weighted by atomic mass is 32.1. The molecule has 1 aromatic carbocycles. The molecule has 0 saturated heterocycles. The van der Waals surface area contributed by atoms with Crippen molar-refractivity contribution in [3.05, 3.63) is 62.3 Å². The first-order valence-corrected chi connectivity index (χ1v) is 11.5. The molecule has 1 aliphatic carbocycles. The molecule has 3 aromatic rings. The average Bonchev–Trinajstić information content (AvgIpc) is 3.15. The van der Waals surface area contributed by atoms with Gasteiger partial charge in [-0.05, 0) is 38.8 Å². The Kier molecular flexibility index (Phi) is 5.90. The molecular weight excluding hydrogens is 380 g/mol. The lowest BCUT2D eigenvalue weighted by molar-refractivity contribution is 0.362. The second kappa shape index (κ2) is 8.57. The quantitative estimate of drug-likeness (QED) is 0.587. The molecule has 29 heavy (non-hydrogen) atoms. The lowest BCUT2D eigenvalue weighted by Gasteiger charge is -2.22. The number of aromatic nitrogens is 3. The van der Waals surface area contributed by atoms with Gasteiger partial charge in [-0.2, -0.15) is 0 Å². The van der Waals surface area contributed by atoms with Gasteiger partial charge in [0.05, 0.1) is 11.4 Å². The molecule has 1 saturated carbocycles. The Bertz CT molecular complexity index is 1090. The zero-order valence-electron chi connectivity index (χ0n) is 17.6. The van der Waals surface area contributed by atoms with Gasteiger partial charge in [-0.15, -0.1) is 11.3 Å². The van der Waals surface area contributed by atoms with Crippen LogP contribution in [0.5, 0.6) is 0 Å². The van der Waals surface area contributed by atoms with E-state index < -0.39 is 0 Å². The van der Waals surface area contributed by atoms with Crippen molar-refractivity contribution in [2.75, 3.05) is 0 Å². The van der Waals surface area contributed by atoms with Gasteiger partial charge in [-0.1, -0.05) is 50.3 Å². The number of aryl methyl sites for hydroxylation is 1. The van der Waals surface area contributed by atoms with Crippen molar-refractivity contribution in [2.45, 2.75) is 64.8 Å². The smallest absolute Gasteiger partial charge is 0.297 e. The Balaban J connectivity index is 1.81.